The second kappa shape index (κ2) is 4.02. The minimum Gasteiger partial charge on any atom is -0.310 e. The highest BCUT2D eigenvalue weighted by atomic mass is 16.2. The van der Waals surface area contributed by atoms with Gasteiger partial charge < -0.3 is 10.6 Å². The number of aryl methyl sites for hydroxylation is 2. The molecule has 0 aromatic carbocycles. The van der Waals surface area contributed by atoms with E-state index in [2.05, 4.69) is 15.7 Å². The molecule has 0 saturated carbocycles. The van der Waals surface area contributed by atoms with Crippen LogP contribution < -0.4 is 10.6 Å². The van der Waals surface area contributed by atoms with Gasteiger partial charge in [0.1, 0.15) is 5.82 Å². The standard InChI is InChI=1S/C10H16N4O/c1-7-6-9(14(2)13-7)12-10(15)8-4-3-5-11-8/h6,8,11H,3-5H2,1-2H3,(H,12,15). The molecule has 5 nitrogen and oxygen atoms in total. The van der Waals surface area contributed by atoms with Crippen LogP contribution in [0.3, 0.4) is 0 Å². The summed E-state index contributed by atoms with van der Waals surface area (Å²) in [6, 6.07) is 1.83. The SMILES string of the molecule is Cc1cc(NC(=O)C2CCCN2)n(C)n1. The lowest BCUT2D eigenvalue weighted by Gasteiger charge is -2.10. The van der Waals surface area contributed by atoms with Crippen LogP contribution in [0.15, 0.2) is 6.07 Å². The van der Waals surface area contributed by atoms with Gasteiger partial charge in [-0.25, -0.2) is 0 Å². The van der Waals surface area contributed by atoms with E-state index in [1.807, 2.05) is 20.0 Å². The number of anilines is 1. The molecule has 2 N–H and O–H groups in total. The maximum atomic E-state index is 11.8. The highest BCUT2D eigenvalue weighted by Crippen LogP contribution is 2.11. The van der Waals surface area contributed by atoms with Crippen molar-refractivity contribution in [2.75, 3.05) is 11.9 Å². The van der Waals surface area contributed by atoms with Gasteiger partial charge in [0.2, 0.25) is 5.91 Å². The molecule has 1 saturated heterocycles. The Balaban J connectivity index is 2.01. The topological polar surface area (TPSA) is 59.0 Å². The van der Waals surface area contributed by atoms with Gasteiger partial charge in [0.15, 0.2) is 0 Å². The van der Waals surface area contributed by atoms with Gasteiger partial charge in [-0.15, -0.1) is 0 Å². The Morgan fingerprint density at radius 2 is 2.53 bits per heavy atom. The fourth-order valence-electron chi connectivity index (χ4n) is 1.85. The number of nitrogens with zero attached hydrogens (tertiary/aromatic N) is 2. The zero-order valence-corrected chi connectivity index (χ0v) is 9.08. The predicted octanol–water partition coefficient (Wildman–Crippen LogP) is 0.419. The predicted molar refractivity (Wildman–Crippen MR) is 57.6 cm³/mol. The van der Waals surface area contributed by atoms with Crippen molar-refractivity contribution in [1.29, 1.82) is 0 Å². The molecule has 1 amide bonds. The molecule has 1 unspecified atom stereocenters. The molecular formula is C10H16N4O. The highest BCUT2D eigenvalue weighted by molar-refractivity contribution is 5.94. The summed E-state index contributed by atoms with van der Waals surface area (Å²) in [7, 11) is 1.82. The molecule has 2 heterocycles. The fraction of sp³-hybridized carbons (Fsp3) is 0.600. The van der Waals surface area contributed by atoms with Gasteiger partial charge in [-0.1, -0.05) is 0 Å². The number of rotatable bonds is 2. The second-order valence-corrected chi connectivity index (χ2v) is 3.93. The van der Waals surface area contributed by atoms with Crippen LogP contribution in [0.25, 0.3) is 0 Å². The average molecular weight is 208 g/mol. The number of carbonyl (C=O) groups is 1. The first-order valence-corrected chi connectivity index (χ1v) is 5.22. The van der Waals surface area contributed by atoms with E-state index in [0.29, 0.717) is 0 Å². The van der Waals surface area contributed by atoms with Crippen LogP contribution >= 0.6 is 0 Å². The molecule has 1 aromatic heterocycles. The molecule has 1 fully saturated rings. The summed E-state index contributed by atoms with van der Waals surface area (Å²) in [4.78, 5) is 11.8. The third-order valence-corrected chi connectivity index (χ3v) is 2.63. The van der Waals surface area contributed by atoms with Gasteiger partial charge in [0.25, 0.3) is 0 Å². The molecule has 0 spiro atoms. The molecule has 1 aliphatic heterocycles. The fourth-order valence-corrected chi connectivity index (χ4v) is 1.85. The summed E-state index contributed by atoms with van der Waals surface area (Å²) in [5.74, 6) is 0.793. The Labute approximate surface area is 88.8 Å². The summed E-state index contributed by atoms with van der Waals surface area (Å²) in [6.45, 7) is 2.84. The van der Waals surface area contributed by atoms with Gasteiger partial charge in [0, 0.05) is 13.1 Å². The lowest BCUT2D eigenvalue weighted by atomic mass is 10.2. The lowest BCUT2D eigenvalue weighted by Crippen LogP contribution is -2.35. The van der Waals surface area contributed by atoms with Gasteiger partial charge in [-0.2, -0.15) is 5.10 Å². The van der Waals surface area contributed by atoms with E-state index < -0.39 is 0 Å². The van der Waals surface area contributed by atoms with Crippen molar-refractivity contribution in [3.63, 3.8) is 0 Å². The monoisotopic (exact) mass is 208 g/mol. The smallest absolute Gasteiger partial charge is 0.242 e. The van der Waals surface area contributed by atoms with E-state index in [1.165, 1.54) is 0 Å². The van der Waals surface area contributed by atoms with Crippen molar-refractivity contribution in [2.24, 2.45) is 7.05 Å². The molecule has 82 valence electrons. The molecule has 0 aliphatic carbocycles. The third kappa shape index (κ3) is 2.18. The van der Waals surface area contributed by atoms with Gasteiger partial charge in [-0.05, 0) is 26.3 Å². The van der Waals surface area contributed by atoms with Crippen LogP contribution in [-0.4, -0.2) is 28.3 Å². The summed E-state index contributed by atoms with van der Waals surface area (Å²) in [5.41, 5.74) is 0.909. The molecule has 0 bridgehead atoms. The van der Waals surface area contributed by atoms with E-state index in [0.717, 1.165) is 30.9 Å². The molecule has 2 rings (SSSR count). The minimum atomic E-state index is -0.0415. The molecule has 0 radical (unpaired) electrons. The molecule has 1 aliphatic rings. The third-order valence-electron chi connectivity index (χ3n) is 2.63. The first-order chi connectivity index (χ1) is 7.16. The van der Waals surface area contributed by atoms with Gasteiger partial charge in [0.05, 0.1) is 11.7 Å². The minimum absolute atomic E-state index is 0.0375. The van der Waals surface area contributed by atoms with Crippen molar-refractivity contribution in [3.8, 4) is 0 Å². The van der Waals surface area contributed by atoms with Crippen LogP contribution in [0.2, 0.25) is 0 Å². The highest BCUT2D eigenvalue weighted by Gasteiger charge is 2.22. The lowest BCUT2D eigenvalue weighted by molar-refractivity contribution is -0.117. The zero-order valence-electron chi connectivity index (χ0n) is 9.08. The van der Waals surface area contributed by atoms with E-state index in [1.54, 1.807) is 4.68 Å². The summed E-state index contributed by atoms with van der Waals surface area (Å²) in [6.07, 6.45) is 1.99. The van der Waals surface area contributed by atoms with Crippen LogP contribution in [0.5, 0.6) is 0 Å². The largest absolute Gasteiger partial charge is 0.310 e. The number of hydrogen-bond acceptors (Lipinski definition) is 3. The van der Waals surface area contributed by atoms with E-state index in [-0.39, 0.29) is 11.9 Å². The Morgan fingerprint density at radius 1 is 1.73 bits per heavy atom. The van der Waals surface area contributed by atoms with Crippen molar-refractivity contribution in [1.82, 2.24) is 15.1 Å². The Kier molecular flexibility index (Phi) is 2.73. The summed E-state index contributed by atoms with van der Waals surface area (Å²) in [5, 5.41) is 10.2. The van der Waals surface area contributed by atoms with Crippen molar-refractivity contribution in [3.05, 3.63) is 11.8 Å². The molecule has 1 atom stereocenters. The van der Waals surface area contributed by atoms with Crippen LogP contribution in [0.1, 0.15) is 18.5 Å². The number of nitrogens with one attached hydrogen (secondary N) is 2. The number of carbonyl (C=O) groups excluding carboxylic acids is 1. The van der Waals surface area contributed by atoms with E-state index in [4.69, 9.17) is 0 Å². The summed E-state index contributed by atoms with van der Waals surface area (Å²) >= 11 is 0. The normalized spacial score (nSPS) is 20.5. The quantitative estimate of drug-likeness (QED) is 0.740. The molecule has 15 heavy (non-hydrogen) atoms. The maximum Gasteiger partial charge on any atom is 0.242 e. The van der Waals surface area contributed by atoms with Gasteiger partial charge in [-0.3, -0.25) is 9.48 Å². The van der Waals surface area contributed by atoms with Gasteiger partial charge >= 0.3 is 0 Å². The number of aromatic nitrogens is 2. The van der Waals surface area contributed by atoms with Crippen molar-refractivity contribution >= 4 is 11.7 Å². The maximum absolute atomic E-state index is 11.8. The number of hydrogen-bond donors (Lipinski definition) is 2. The first-order valence-electron chi connectivity index (χ1n) is 5.22. The van der Waals surface area contributed by atoms with Crippen molar-refractivity contribution in [2.45, 2.75) is 25.8 Å². The van der Waals surface area contributed by atoms with E-state index >= 15 is 0 Å². The Bertz CT molecular complexity index is 365. The van der Waals surface area contributed by atoms with Crippen LogP contribution in [-0.2, 0) is 11.8 Å². The Hall–Kier alpha value is -1.36. The van der Waals surface area contributed by atoms with Crippen LogP contribution in [0.4, 0.5) is 5.82 Å². The molecule has 5 heteroatoms. The second-order valence-electron chi connectivity index (χ2n) is 3.93. The number of amides is 1. The first kappa shape index (κ1) is 10.2. The van der Waals surface area contributed by atoms with E-state index in [9.17, 15) is 4.79 Å². The average Bonchev–Trinajstić information content (AvgIpc) is 2.76. The zero-order chi connectivity index (χ0) is 10.8. The van der Waals surface area contributed by atoms with Crippen molar-refractivity contribution < 1.29 is 4.79 Å². The summed E-state index contributed by atoms with van der Waals surface area (Å²) < 4.78 is 1.68. The Morgan fingerprint density at radius 3 is 3.07 bits per heavy atom. The molecular weight excluding hydrogens is 192 g/mol. The van der Waals surface area contributed by atoms with Crippen LogP contribution in [0, 0.1) is 6.92 Å². The molecule has 1 aromatic rings.